The summed E-state index contributed by atoms with van der Waals surface area (Å²) in [5.74, 6) is 0.131. The average Bonchev–Trinajstić information content (AvgIpc) is 2.64. The van der Waals surface area contributed by atoms with Crippen LogP contribution < -0.4 is 10.2 Å². The van der Waals surface area contributed by atoms with Gasteiger partial charge in [0.05, 0.1) is 36.3 Å². The monoisotopic (exact) mass is 423 g/mol. The standard InChI is InChI=1S/C18H18ClN3O5S/c1-3-28-17-5-4-13(19)6-11(17)8-18(24)21-20-10-12-7-15(23)16(27-2)9-14(12)22(25)26/h4-7,9-10,23H,3,8H2,1-2H3,(H,21,24)/b20-10-. The van der Waals surface area contributed by atoms with Crippen LogP contribution in [0.15, 0.2) is 40.3 Å². The van der Waals surface area contributed by atoms with Crippen molar-refractivity contribution < 1.29 is 19.6 Å². The van der Waals surface area contributed by atoms with Gasteiger partial charge in [0.2, 0.25) is 5.91 Å². The van der Waals surface area contributed by atoms with Crippen molar-refractivity contribution in [3.8, 4) is 11.5 Å². The van der Waals surface area contributed by atoms with Crippen LogP contribution in [0.1, 0.15) is 18.1 Å². The van der Waals surface area contributed by atoms with E-state index in [9.17, 15) is 20.0 Å². The number of nitro benzene ring substituents is 1. The van der Waals surface area contributed by atoms with E-state index in [4.69, 9.17) is 16.3 Å². The molecule has 0 aliphatic carbocycles. The molecule has 0 aliphatic rings. The number of nitrogens with one attached hydrogen (secondary N) is 1. The van der Waals surface area contributed by atoms with Crippen molar-refractivity contribution in [2.75, 3.05) is 12.9 Å². The van der Waals surface area contributed by atoms with Crippen LogP contribution in [0.5, 0.6) is 11.5 Å². The number of thioether (sulfide) groups is 1. The summed E-state index contributed by atoms with van der Waals surface area (Å²) in [5, 5.41) is 25.3. The van der Waals surface area contributed by atoms with E-state index in [0.29, 0.717) is 5.02 Å². The number of nitrogens with zero attached hydrogens (tertiary/aromatic N) is 2. The quantitative estimate of drug-likeness (QED) is 0.289. The van der Waals surface area contributed by atoms with E-state index in [1.54, 1.807) is 23.9 Å². The number of hydrazone groups is 1. The molecule has 0 aromatic heterocycles. The number of carbonyl (C=O) groups excluding carboxylic acids is 1. The first-order valence-electron chi connectivity index (χ1n) is 8.14. The summed E-state index contributed by atoms with van der Waals surface area (Å²) in [6.07, 6.45) is 1.14. The number of rotatable bonds is 8. The van der Waals surface area contributed by atoms with E-state index < -0.39 is 10.8 Å². The highest BCUT2D eigenvalue weighted by atomic mass is 35.5. The fraction of sp³-hybridized carbons (Fsp3) is 0.222. The van der Waals surface area contributed by atoms with Crippen molar-refractivity contribution in [3.05, 3.63) is 56.6 Å². The minimum atomic E-state index is -0.634. The summed E-state index contributed by atoms with van der Waals surface area (Å²) < 4.78 is 4.86. The molecular formula is C18H18ClN3O5S. The lowest BCUT2D eigenvalue weighted by molar-refractivity contribution is -0.385. The Kier molecular flexibility index (Phi) is 7.65. The van der Waals surface area contributed by atoms with Gasteiger partial charge in [-0.1, -0.05) is 18.5 Å². The molecule has 2 N–H and O–H groups in total. The zero-order valence-corrected chi connectivity index (χ0v) is 16.7. The van der Waals surface area contributed by atoms with Gasteiger partial charge in [-0.3, -0.25) is 14.9 Å². The van der Waals surface area contributed by atoms with Crippen LogP contribution in [0.25, 0.3) is 0 Å². The summed E-state index contributed by atoms with van der Waals surface area (Å²) in [6.45, 7) is 2.00. The van der Waals surface area contributed by atoms with Gasteiger partial charge in [-0.15, -0.1) is 11.8 Å². The van der Waals surface area contributed by atoms with Gasteiger partial charge < -0.3 is 9.84 Å². The first kappa shape index (κ1) is 21.5. The molecule has 0 atom stereocenters. The summed E-state index contributed by atoms with van der Waals surface area (Å²) in [7, 11) is 1.29. The van der Waals surface area contributed by atoms with Crippen LogP contribution in [0.3, 0.4) is 0 Å². The van der Waals surface area contributed by atoms with Crippen LogP contribution in [-0.4, -0.2) is 35.0 Å². The Morgan fingerprint density at radius 2 is 2.18 bits per heavy atom. The topological polar surface area (TPSA) is 114 Å². The molecule has 0 saturated carbocycles. The van der Waals surface area contributed by atoms with Gasteiger partial charge in [-0.05, 0) is 35.6 Å². The van der Waals surface area contributed by atoms with E-state index >= 15 is 0 Å². The number of phenols is 1. The fourth-order valence-corrected chi connectivity index (χ4v) is 3.35. The molecule has 8 nitrogen and oxygen atoms in total. The number of hydrogen-bond donors (Lipinski definition) is 2. The third kappa shape index (κ3) is 5.61. The van der Waals surface area contributed by atoms with E-state index in [0.717, 1.165) is 34.6 Å². The van der Waals surface area contributed by atoms with Crippen molar-refractivity contribution in [2.24, 2.45) is 5.10 Å². The zero-order valence-electron chi connectivity index (χ0n) is 15.1. The minimum Gasteiger partial charge on any atom is -0.504 e. The van der Waals surface area contributed by atoms with Crippen molar-refractivity contribution in [1.29, 1.82) is 0 Å². The summed E-state index contributed by atoms with van der Waals surface area (Å²) in [4.78, 5) is 23.7. The second kappa shape index (κ2) is 9.95. The molecule has 148 valence electrons. The molecule has 1 amide bonds. The maximum absolute atomic E-state index is 12.2. The Labute approximate surface area is 170 Å². The molecule has 0 spiro atoms. The van der Waals surface area contributed by atoms with Crippen molar-refractivity contribution in [1.82, 2.24) is 5.43 Å². The predicted octanol–water partition coefficient (Wildman–Crippen LogP) is 3.77. The molecule has 2 aromatic rings. The number of amides is 1. The highest BCUT2D eigenvalue weighted by Gasteiger charge is 2.17. The Morgan fingerprint density at radius 3 is 2.82 bits per heavy atom. The van der Waals surface area contributed by atoms with E-state index in [1.807, 2.05) is 13.0 Å². The third-order valence-electron chi connectivity index (χ3n) is 3.59. The number of halogens is 1. The van der Waals surface area contributed by atoms with Crippen molar-refractivity contribution in [3.63, 3.8) is 0 Å². The molecule has 0 unspecified atom stereocenters. The van der Waals surface area contributed by atoms with Gasteiger partial charge in [0, 0.05) is 9.92 Å². The number of methoxy groups -OCH3 is 1. The predicted molar refractivity (Wildman–Crippen MR) is 109 cm³/mol. The number of carbonyl (C=O) groups is 1. The maximum Gasteiger partial charge on any atom is 0.282 e. The number of hydrogen-bond acceptors (Lipinski definition) is 7. The molecule has 0 saturated heterocycles. The summed E-state index contributed by atoms with van der Waals surface area (Å²) >= 11 is 7.59. The number of nitro groups is 1. The van der Waals surface area contributed by atoms with Crippen LogP contribution >= 0.6 is 23.4 Å². The van der Waals surface area contributed by atoms with Gasteiger partial charge in [0.25, 0.3) is 5.69 Å². The second-order valence-corrected chi connectivity index (χ2v) is 7.24. The van der Waals surface area contributed by atoms with Gasteiger partial charge in [0.1, 0.15) is 0 Å². The van der Waals surface area contributed by atoms with E-state index in [1.165, 1.54) is 7.11 Å². The van der Waals surface area contributed by atoms with Crippen LogP contribution in [0.2, 0.25) is 5.02 Å². The SMILES string of the molecule is CCSc1ccc(Cl)cc1CC(=O)N/N=C\c1cc(O)c(OC)cc1[N+](=O)[O-]. The van der Waals surface area contributed by atoms with Gasteiger partial charge in [-0.2, -0.15) is 5.10 Å². The second-order valence-electron chi connectivity index (χ2n) is 5.49. The molecule has 10 heteroatoms. The van der Waals surface area contributed by atoms with Gasteiger partial charge in [0.15, 0.2) is 11.5 Å². The lowest BCUT2D eigenvalue weighted by atomic mass is 10.1. The highest BCUT2D eigenvalue weighted by Crippen LogP contribution is 2.32. The first-order chi connectivity index (χ1) is 13.3. The van der Waals surface area contributed by atoms with Crippen LogP contribution in [0.4, 0.5) is 5.69 Å². The number of phenolic OH excluding ortho intramolecular Hbond substituents is 1. The Morgan fingerprint density at radius 1 is 1.43 bits per heavy atom. The maximum atomic E-state index is 12.2. The fourth-order valence-electron chi connectivity index (χ4n) is 2.37. The molecule has 0 radical (unpaired) electrons. The number of aromatic hydroxyl groups is 1. The Bertz CT molecular complexity index is 920. The zero-order chi connectivity index (χ0) is 20.7. The molecule has 0 fully saturated rings. The molecule has 28 heavy (non-hydrogen) atoms. The highest BCUT2D eigenvalue weighted by molar-refractivity contribution is 7.99. The largest absolute Gasteiger partial charge is 0.504 e. The summed E-state index contributed by atoms with van der Waals surface area (Å²) in [6, 6.07) is 7.55. The smallest absolute Gasteiger partial charge is 0.282 e. The van der Waals surface area contributed by atoms with E-state index in [2.05, 4.69) is 10.5 Å². The molecule has 0 aliphatic heterocycles. The van der Waals surface area contributed by atoms with Crippen molar-refractivity contribution >= 4 is 41.2 Å². The molecule has 2 aromatic carbocycles. The Hall–Kier alpha value is -2.78. The lowest BCUT2D eigenvalue weighted by Crippen LogP contribution is -2.20. The molecular weight excluding hydrogens is 406 g/mol. The van der Waals surface area contributed by atoms with Gasteiger partial charge >= 0.3 is 0 Å². The number of ether oxygens (including phenoxy) is 1. The average molecular weight is 424 g/mol. The summed E-state index contributed by atoms with van der Waals surface area (Å²) in [5.41, 5.74) is 2.80. The first-order valence-corrected chi connectivity index (χ1v) is 9.50. The molecule has 2 rings (SSSR count). The van der Waals surface area contributed by atoms with Gasteiger partial charge in [-0.25, -0.2) is 5.43 Å². The third-order valence-corrected chi connectivity index (χ3v) is 4.82. The molecule has 0 bridgehead atoms. The number of benzene rings is 2. The normalized spacial score (nSPS) is 10.8. The Balaban J connectivity index is 2.13. The van der Waals surface area contributed by atoms with E-state index in [-0.39, 0.29) is 29.2 Å². The minimum absolute atomic E-state index is 0.0218. The van der Waals surface area contributed by atoms with Crippen LogP contribution in [-0.2, 0) is 11.2 Å². The van der Waals surface area contributed by atoms with Crippen molar-refractivity contribution in [2.45, 2.75) is 18.2 Å². The van der Waals surface area contributed by atoms with Crippen LogP contribution in [0, 0.1) is 10.1 Å². The lowest BCUT2D eigenvalue weighted by Gasteiger charge is -2.08. The molecule has 0 heterocycles.